The number of halogens is 3. The van der Waals surface area contributed by atoms with Crippen molar-refractivity contribution in [2.24, 2.45) is 5.73 Å². The molecule has 2 unspecified atom stereocenters. The molecule has 0 spiro atoms. The average molecular weight is 201 g/mol. The molecule has 4 nitrogen and oxygen atoms in total. The molecule has 0 amide bonds. The van der Waals surface area contributed by atoms with Gasteiger partial charge in [-0.15, -0.1) is 0 Å². The third kappa shape index (κ3) is 2.31. The number of aliphatic hydroxyl groups excluding tert-OH is 1. The monoisotopic (exact) mass is 201 g/mol. The van der Waals surface area contributed by atoms with Crippen LogP contribution in [-0.2, 0) is 4.79 Å². The van der Waals surface area contributed by atoms with Crippen molar-refractivity contribution in [3.05, 3.63) is 0 Å². The van der Waals surface area contributed by atoms with E-state index in [0.717, 1.165) is 6.92 Å². The molecule has 0 aromatic heterocycles. The molecule has 78 valence electrons. The number of alkyl halides is 3. The number of hydrogen-bond donors (Lipinski definition) is 3. The first kappa shape index (κ1) is 12.2. The molecular weight excluding hydrogens is 191 g/mol. The Kier molecular flexibility index (Phi) is 3.28. The van der Waals surface area contributed by atoms with Gasteiger partial charge in [0.2, 0.25) is 0 Å². The van der Waals surface area contributed by atoms with Crippen molar-refractivity contribution in [1.82, 2.24) is 0 Å². The minimum Gasteiger partial charge on any atom is -0.480 e. The van der Waals surface area contributed by atoms with Crippen molar-refractivity contribution in [3.8, 4) is 0 Å². The maximum absolute atomic E-state index is 11.9. The fourth-order valence-electron chi connectivity index (χ4n) is 0.754. The van der Waals surface area contributed by atoms with Crippen LogP contribution >= 0.6 is 0 Å². The molecule has 0 saturated carbocycles. The number of carboxylic acid groups (broad SMARTS) is 1. The van der Waals surface area contributed by atoms with Crippen LogP contribution in [0, 0.1) is 0 Å². The highest BCUT2D eigenvalue weighted by molar-refractivity contribution is 5.79. The highest BCUT2D eigenvalue weighted by atomic mass is 19.4. The van der Waals surface area contributed by atoms with Crippen LogP contribution in [0.5, 0.6) is 0 Å². The lowest BCUT2D eigenvalue weighted by molar-refractivity contribution is -0.227. The molecule has 0 rings (SSSR count). The Morgan fingerprint density at radius 2 is 1.92 bits per heavy atom. The van der Waals surface area contributed by atoms with E-state index in [1.54, 1.807) is 0 Å². The molecule has 7 heteroatoms. The topological polar surface area (TPSA) is 83.6 Å². The predicted molar refractivity (Wildman–Crippen MR) is 36.9 cm³/mol. The second-order valence-corrected chi connectivity index (χ2v) is 2.64. The van der Waals surface area contributed by atoms with Crippen molar-refractivity contribution in [2.75, 3.05) is 0 Å². The molecule has 0 radical (unpaired) electrons. The Morgan fingerprint density at radius 3 is 2.00 bits per heavy atom. The normalized spacial score (nSPS) is 19.2. The number of hydrogen-bond acceptors (Lipinski definition) is 3. The number of carbonyl (C=O) groups is 1. The van der Waals surface area contributed by atoms with Gasteiger partial charge in [0.05, 0.1) is 0 Å². The summed E-state index contributed by atoms with van der Waals surface area (Å²) in [4.78, 5) is 10.4. The van der Waals surface area contributed by atoms with Crippen LogP contribution in [0.3, 0.4) is 0 Å². The summed E-state index contributed by atoms with van der Waals surface area (Å²) in [6.45, 7) is 1.16. The molecule has 0 aliphatic heterocycles. The molecule has 0 fully saturated rings. The van der Waals surface area contributed by atoms with E-state index in [2.05, 4.69) is 0 Å². The first-order valence-corrected chi connectivity index (χ1v) is 3.43. The molecule has 0 aromatic rings. The van der Waals surface area contributed by atoms with Crippen molar-refractivity contribution in [2.45, 2.75) is 31.2 Å². The first-order chi connectivity index (χ1) is 5.66. The van der Waals surface area contributed by atoms with E-state index in [4.69, 9.17) is 15.9 Å². The SMILES string of the molecule is CCC(N)(C(=O)O)C(O)C(F)(F)F. The third-order valence-electron chi connectivity index (χ3n) is 1.78. The lowest BCUT2D eigenvalue weighted by Gasteiger charge is -2.29. The van der Waals surface area contributed by atoms with Gasteiger partial charge < -0.3 is 15.9 Å². The lowest BCUT2D eigenvalue weighted by atomic mass is 9.90. The van der Waals surface area contributed by atoms with Crippen LogP contribution in [0.1, 0.15) is 13.3 Å². The minimum absolute atomic E-state index is 0.511. The van der Waals surface area contributed by atoms with Gasteiger partial charge in [-0.2, -0.15) is 13.2 Å². The zero-order valence-corrected chi connectivity index (χ0v) is 6.80. The second-order valence-electron chi connectivity index (χ2n) is 2.64. The highest BCUT2D eigenvalue weighted by Gasteiger charge is 2.54. The van der Waals surface area contributed by atoms with Gasteiger partial charge in [-0.25, -0.2) is 0 Å². The molecule has 0 aliphatic rings. The Hall–Kier alpha value is -0.820. The summed E-state index contributed by atoms with van der Waals surface area (Å²) in [6, 6.07) is 0. The Bertz CT molecular complexity index is 206. The summed E-state index contributed by atoms with van der Waals surface area (Å²) in [5.74, 6) is -1.88. The van der Waals surface area contributed by atoms with Crippen LogP contribution in [0.2, 0.25) is 0 Å². The average Bonchev–Trinajstić information content (AvgIpc) is 1.99. The van der Waals surface area contributed by atoms with E-state index in [0.29, 0.717) is 0 Å². The summed E-state index contributed by atoms with van der Waals surface area (Å²) in [6.07, 6.45) is -8.59. The van der Waals surface area contributed by atoms with Crippen molar-refractivity contribution in [1.29, 1.82) is 0 Å². The fraction of sp³-hybridized carbons (Fsp3) is 0.833. The van der Waals surface area contributed by atoms with Gasteiger partial charge in [-0.3, -0.25) is 4.79 Å². The Labute approximate surface area is 72.2 Å². The summed E-state index contributed by atoms with van der Waals surface area (Å²) in [7, 11) is 0. The van der Waals surface area contributed by atoms with Gasteiger partial charge >= 0.3 is 12.1 Å². The molecule has 0 aromatic carbocycles. The molecule has 0 bridgehead atoms. The summed E-state index contributed by atoms with van der Waals surface area (Å²) >= 11 is 0. The number of aliphatic carboxylic acids is 1. The van der Waals surface area contributed by atoms with E-state index in [1.807, 2.05) is 0 Å². The van der Waals surface area contributed by atoms with Gasteiger partial charge in [0.15, 0.2) is 6.10 Å². The van der Waals surface area contributed by atoms with Crippen LogP contribution in [0.25, 0.3) is 0 Å². The third-order valence-corrected chi connectivity index (χ3v) is 1.78. The van der Waals surface area contributed by atoms with E-state index >= 15 is 0 Å². The van der Waals surface area contributed by atoms with Crippen molar-refractivity contribution in [3.63, 3.8) is 0 Å². The first-order valence-electron chi connectivity index (χ1n) is 3.43. The minimum atomic E-state index is -5.02. The largest absolute Gasteiger partial charge is 0.480 e. The zero-order valence-electron chi connectivity index (χ0n) is 6.80. The van der Waals surface area contributed by atoms with Gasteiger partial charge in [0, 0.05) is 0 Å². The molecule has 2 atom stereocenters. The van der Waals surface area contributed by atoms with Crippen LogP contribution in [-0.4, -0.2) is 34.0 Å². The molecule has 0 saturated heterocycles. The lowest BCUT2D eigenvalue weighted by Crippen LogP contribution is -2.61. The van der Waals surface area contributed by atoms with Crippen LogP contribution in [0.15, 0.2) is 0 Å². The highest BCUT2D eigenvalue weighted by Crippen LogP contribution is 2.28. The van der Waals surface area contributed by atoms with Gasteiger partial charge in [0.25, 0.3) is 0 Å². The standard InChI is InChI=1S/C6H10F3NO3/c1-2-5(10,4(12)13)3(11)6(7,8)9/h3,11H,2,10H2,1H3,(H,12,13). The molecule has 13 heavy (non-hydrogen) atoms. The number of nitrogens with two attached hydrogens (primary N) is 1. The van der Waals surface area contributed by atoms with Crippen molar-refractivity contribution < 1.29 is 28.2 Å². The second kappa shape index (κ2) is 3.51. The number of rotatable bonds is 3. The fourth-order valence-corrected chi connectivity index (χ4v) is 0.754. The van der Waals surface area contributed by atoms with Crippen LogP contribution < -0.4 is 5.73 Å². The van der Waals surface area contributed by atoms with E-state index in [1.165, 1.54) is 0 Å². The number of aliphatic hydroxyl groups is 1. The summed E-state index contributed by atoms with van der Waals surface area (Å²) in [5.41, 5.74) is 2.23. The number of carboxylic acids is 1. The van der Waals surface area contributed by atoms with Crippen molar-refractivity contribution >= 4 is 5.97 Å². The molecular formula is C6H10F3NO3. The maximum Gasteiger partial charge on any atom is 0.416 e. The van der Waals surface area contributed by atoms with Gasteiger partial charge in [-0.05, 0) is 6.42 Å². The quantitative estimate of drug-likeness (QED) is 0.604. The zero-order chi connectivity index (χ0) is 10.9. The van der Waals surface area contributed by atoms with Crippen LogP contribution in [0.4, 0.5) is 13.2 Å². The summed E-state index contributed by atoms with van der Waals surface area (Å²) in [5, 5.41) is 17.0. The van der Waals surface area contributed by atoms with E-state index < -0.39 is 30.2 Å². The molecule has 0 aliphatic carbocycles. The smallest absolute Gasteiger partial charge is 0.416 e. The van der Waals surface area contributed by atoms with E-state index in [9.17, 15) is 18.0 Å². The Balaban J connectivity index is 4.88. The predicted octanol–water partition coefficient (Wildman–Crippen LogP) is 0.102. The van der Waals surface area contributed by atoms with Gasteiger partial charge in [0.1, 0.15) is 5.54 Å². The Morgan fingerprint density at radius 1 is 1.54 bits per heavy atom. The maximum atomic E-state index is 11.9. The van der Waals surface area contributed by atoms with Gasteiger partial charge in [-0.1, -0.05) is 6.92 Å². The van der Waals surface area contributed by atoms with E-state index in [-0.39, 0.29) is 0 Å². The summed E-state index contributed by atoms with van der Waals surface area (Å²) < 4.78 is 35.7. The molecule has 4 N–H and O–H groups in total. The molecule has 0 heterocycles.